The molecular weight excluding hydrogens is 198 g/mol. The highest BCUT2D eigenvalue weighted by atomic mass is 16.5. The van der Waals surface area contributed by atoms with Gasteiger partial charge in [-0.2, -0.15) is 0 Å². The lowest BCUT2D eigenvalue weighted by Gasteiger charge is -2.18. The van der Waals surface area contributed by atoms with E-state index >= 15 is 0 Å². The van der Waals surface area contributed by atoms with Crippen LogP contribution in [-0.4, -0.2) is 26.3 Å². The van der Waals surface area contributed by atoms with Gasteiger partial charge in [0.25, 0.3) is 0 Å². The van der Waals surface area contributed by atoms with E-state index in [0.717, 1.165) is 26.0 Å². The van der Waals surface area contributed by atoms with Crippen molar-refractivity contribution >= 4 is 0 Å². The summed E-state index contributed by atoms with van der Waals surface area (Å²) in [5.41, 5.74) is 1.40. The van der Waals surface area contributed by atoms with Crippen LogP contribution in [0.1, 0.15) is 25.3 Å². The van der Waals surface area contributed by atoms with Crippen molar-refractivity contribution in [2.45, 2.75) is 32.2 Å². The van der Waals surface area contributed by atoms with Crippen LogP contribution in [0.2, 0.25) is 0 Å². The zero-order valence-electron chi connectivity index (χ0n) is 10.4. The van der Waals surface area contributed by atoms with Gasteiger partial charge in [0.1, 0.15) is 0 Å². The van der Waals surface area contributed by atoms with Gasteiger partial charge in [-0.15, -0.1) is 0 Å². The minimum Gasteiger partial charge on any atom is -0.385 e. The first-order valence-electron chi connectivity index (χ1n) is 6.13. The van der Waals surface area contributed by atoms with Gasteiger partial charge < -0.3 is 10.1 Å². The molecule has 0 aliphatic carbocycles. The summed E-state index contributed by atoms with van der Waals surface area (Å²) in [6, 6.07) is 11.2. The van der Waals surface area contributed by atoms with Crippen LogP contribution in [0.3, 0.4) is 0 Å². The zero-order valence-corrected chi connectivity index (χ0v) is 10.4. The quantitative estimate of drug-likeness (QED) is 0.728. The van der Waals surface area contributed by atoms with Gasteiger partial charge in [-0.3, -0.25) is 0 Å². The Morgan fingerprint density at radius 2 is 2.00 bits per heavy atom. The molecule has 16 heavy (non-hydrogen) atoms. The van der Waals surface area contributed by atoms with Crippen molar-refractivity contribution in [3.8, 4) is 0 Å². The minimum absolute atomic E-state index is 0.530. The lowest BCUT2D eigenvalue weighted by atomic mass is 10.0. The van der Waals surface area contributed by atoms with Crippen LogP contribution in [0.15, 0.2) is 30.3 Å². The molecule has 1 aromatic carbocycles. The summed E-state index contributed by atoms with van der Waals surface area (Å²) in [6.07, 6.45) is 3.34. The van der Waals surface area contributed by atoms with E-state index in [1.807, 2.05) is 0 Å². The van der Waals surface area contributed by atoms with Crippen LogP contribution in [0.25, 0.3) is 0 Å². The van der Waals surface area contributed by atoms with Gasteiger partial charge in [0.15, 0.2) is 0 Å². The first-order valence-corrected chi connectivity index (χ1v) is 6.13. The van der Waals surface area contributed by atoms with Gasteiger partial charge in [0.2, 0.25) is 0 Å². The van der Waals surface area contributed by atoms with E-state index in [-0.39, 0.29) is 0 Å². The molecule has 0 bridgehead atoms. The average Bonchev–Trinajstić information content (AvgIpc) is 2.34. The van der Waals surface area contributed by atoms with Gasteiger partial charge >= 0.3 is 0 Å². The summed E-state index contributed by atoms with van der Waals surface area (Å²) in [6.45, 7) is 4.11. The largest absolute Gasteiger partial charge is 0.385 e. The number of hydrogen-bond donors (Lipinski definition) is 1. The molecule has 2 heteroatoms. The summed E-state index contributed by atoms with van der Waals surface area (Å²) in [4.78, 5) is 0. The molecular formula is C14H23NO. The number of methoxy groups -OCH3 is 1. The van der Waals surface area contributed by atoms with E-state index < -0.39 is 0 Å². The van der Waals surface area contributed by atoms with Crippen molar-refractivity contribution < 1.29 is 4.74 Å². The van der Waals surface area contributed by atoms with Gasteiger partial charge in [0.05, 0.1) is 0 Å². The molecule has 1 unspecified atom stereocenters. The van der Waals surface area contributed by atoms with Crippen molar-refractivity contribution in [1.82, 2.24) is 5.32 Å². The lowest BCUT2D eigenvalue weighted by Crippen LogP contribution is -2.32. The lowest BCUT2D eigenvalue weighted by molar-refractivity contribution is 0.182. The molecule has 0 spiro atoms. The summed E-state index contributed by atoms with van der Waals surface area (Å²) < 4.78 is 5.15. The van der Waals surface area contributed by atoms with E-state index in [1.165, 1.54) is 12.0 Å². The van der Waals surface area contributed by atoms with Gasteiger partial charge in [-0.05, 0) is 31.4 Å². The van der Waals surface area contributed by atoms with Crippen LogP contribution < -0.4 is 5.32 Å². The van der Waals surface area contributed by atoms with Crippen LogP contribution in [0.4, 0.5) is 0 Å². The Labute approximate surface area is 99.0 Å². The second-order valence-corrected chi connectivity index (χ2v) is 4.12. The molecule has 0 saturated carbocycles. The Morgan fingerprint density at radius 3 is 2.62 bits per heavy atom. The number of nitrogens with one attached hydrogen (secondary N) is 1. The molecule has 0 aliphatic heterocycles. The SMILES string of the molecule is CCCNC(CCOC)Cc1ccccc1. The van der Waals surface area contributed by atoms with Crippen LogP contribution >= 0.6 is 0 Å². The average molecular weight is 221 g/mol. The fourth-order valence-corrected chi connectivity index (χ4v) is 1.78. The molecule has 0 radical (unpaired) electrons. The molecule has 1 rings (SSSR count). The van der Waals surface area contributed by atoms with E-state index in [4.69, 9.17) is 4.74 Å². The van der Waals surface area contributed by atoms with Crippen molar-refractivity contribution in [2.24, 2.45) is 0 Å². The number of rotatable bonds is 8. The summed E-state index contributed by atoms with van der Waals surface area (Å²) in [5, 5.41) is 3.57. The summed E-state index contributed by atoms with van der Waals surface area (Å²) in [5.74, 6) is 0. The Morgan fingerprint density at radius 1 is 1.25 bits per heavy atom. The van der Waals surface area contributed by atoms with Gasteiger partial charge in [-0.25, -0.2) is 0 Å². The molecule has 0 aromatic heterocycles. The predicted molar refractivity (Wildman–Crippen MR) is 68.7 cm³/mol. The highest BCUT2D eigenvalue weighted by Crippen LogP contribution is 2.06. The number of ether oxygens (including phenoxy) is 1. The van der Waals surface area contributed by atoms with E-state index in [9.17, 15) is 0 Å². The normalized spacial score (nSPS) is 12.6. The zero-order chi connectivity index (χ0) is 11.6. The topological polar surface area (TPSA) is 21.3 Å². The highest BCUT2D eigenvalue weighted by molar-refractivity contribution is 5.15. The van der Waals surface area contributed by atoms with Crippen LogP contribution in [0.5, 0.6) is 0 Å². The maximum atomic E-state index is 5.15. The Bertz CT molecular complexity index is 253. The van der Waals surface area contributed by atoms with Crippen molar-refractivity contribution in [2.75, 3.05) is 20.3 Å². The number of benzene rings is 1. The second-order valence-electron chi connectivity index (χ2n) is 4.12. The molecule has 1 aromatic rings. The first kappa shape index (κ1) is 13.2. The third-order valence-corrected chi connectivity index (χ3v) is 2.68. The third kappa shape index (κ3) is 5.29. The van der Waals surface area contributed by atoms with E-state index in [0.29, 0.717) is 6.04 Å². The first-order chi connectivity index (χ1) is 7.86. The molecule has 0 aliphatic rings. The summed E-state index contributed by atoms with van der Waals surface area (Å²) in [7, 11) is 1.76. The minimum atomic E-state index is 0.530. The standard InChI is InChI=1S/C14H23NO/c1-3-10-15-14(9-11-16-2)12-13-7-5-4-6-8-13/h4-8,14-15H,3,9-12H2,1-2H3. The Kier molecular flexibility index (Phi) is 6.86. The van der Waals surface area contributed by atoms with Crippen LogP contribution in [-0.2, 0) is 11.2 Å². The van der Waals surface area contributed by atoms with Crippen molar-refractivity contribution in [3.05, 3.63) is 35.9 Å². The van der Waals surface area contributed by atoms with E-state index in [1.54, 1.807) is 7.11 Å². The fourth-order valence-electron chi connectivity index (χ4n) is 1.78. The molecule has 0 fully saturated rings. The predicted octanol–water partition coefficient (Wildman–Crippen LogP) is 2.63. The van der Waals surface area contributed by atoms with Gasteiger partial charge in [0, 0.05) is 19.8 Å². The molecule has 90 valence electrons. The van der Waals surface area contributed by atoms with E-state index in [2.05, 4.69) is 42.6 Å². The molecule has 1 atom stereocenters. The second kappa shape index (κ2) is 8.31. The Hall–Kier alpha value is -0.860. The van der Waals surface area contributed by atoms with Crippen molar-refractivity contribution in [3.63, 3.8) is 0 Å². The summed E-state index contributed by atoms with van der Waals surface area (Å²) >= 11 is 0. The monoisotopic (exact) mass is 221 g/mol. The molecule has 0 amide bonds. The molecule has 1 N–H and O–H groups in total. The van der Waals surface area contributed by atoms with Crippen LogP contribution in [0, 0.1) is 0 Å². The Balaban J connectivity index is 2.42. The highest BCUT2D eigenvalue weighted by Gasteiger charge is 2.07. The maximum absolute atomic E-state index is 5.15. The molecule has 2 nitrogen and oxygen atoms in total. The molecule has 0 saturated heterocycles. The fraction of sp³-hybridized carbons (Fsp3) is 0.571. The van der Waals surface area contributed by atoms with Crippen molar-refractivity contribution in [1.29, 1.82) is 0 Å². The third-order valence-electron chi connectivity index (χ3n) is 2.68. The maximum Gasteiger partial charge on any atom is 0.0477 e. The number of hydrogen-bond acceptors (Lipinski definition) is 2. The van der Waals surface area contributed by atoms with Gasteiger partial charge in [-0.1, -0.05) is 37.3 Å². The smallest absolute Gasteiger partial charge is 0.0477 e. The molecule has 0 heterocycles.